The van der Waals surface area contributed by atoms with E-state index >= 15 is 0 Å². The van der Waals surface area contributed by atoms with E-state index in [9.17, 15) is 22.4 Å². The van der Waals surface area contributed by atoms with E-state index in [4.69, 9.17) is 17.3 Å². The zero-order chi connectivity index (χ0) is 22.6. The van der Waals surface area contributed by atoms with E-state index in [1.165, 1.54) is 36.4 Å². The molecular weight excluding hydrogens is 440 g/mol. The summed E-state index contributed by atoms with van der Waals surface area (Å²) in [5, 5.41) is 10.4. The van der Waals surface area contributed by atoms with Crippen LogP contribution >= 0.6 is 11.6 Å². The maximum atomic E-state index is 13.2. The number of benzene rings is 2. The Morgan fingerprint density at radius 3 is 2.48 bits per heavy atom. The fraction of sp³-hybridized carbons (Fsp3) is 0.105. The standard InChI is InChI=1S/C19H15ClF4N6O/c20-14-7-12(21)4-1-11(14)9-26-18(27-16-8-15(29-30-16)19(22,23)24)28-17(31)10-2-5-13(25)6-3-10/h1-8H,9,25H2,(H3,26,27,28,29,30,31). The number of hydrogen-bond acceptors (Lipinski definition) is 4. The number of nitrogen functional groups attached to an aromatic ring is 1. The van der Waals surface area contributed by atoms with E-state index in [1.807, 2.05) is 5.10 Å². The molecule has 2 aromatic carbocycles. The van der Waals surface area contributed by atoms with Gasteiger partial charge in [0.1, 0.15) is 11.5 Å². The number of aliphatic imine (C=N–C) groups is 1. The highest BCUT2D eigenvalue weighted by Gasteiger charge is 2.33. The number of guanidine groups is 1. The molecule has 12 heteroatoms. The van der Waals surface area contributed by atoms with Gasteiger partial charge >= 0.3 is 6.18 Å². The first-order valence-corrected chi connectivity index (χ1v) is 9.04. The molecule has 1 heterocycles. The van der Waals surface area contributed by atoms with Crippen LogP contribution in [0, 0.1) is 5.82 Å². The van der Waals surface area contributed by atoms with Crippen molar-refractivity contribution in [1.29, 1.82) is 0 Å². The number of nitrogens with zero attached hydrogens (tertiary/aromatic N) is 2. The van der Waals surface area contributed by atoms with Gasteiger partial charge in [-0.2, -0.15) is 18.3 Å². The summed E-state index contributed by atoms with van der Waals surface area (Å²) in [4.78, 5) is 16.6. The minimum Gasteiger partial charge on any atom is -0.399 e. The van der Waals surface area contributed by atoms with Crippen molar-refractivity contribution >= 4 is 35.0 Å². The van der Waals surface area contributed by atoms with Crippen LogP contribution in [0.4, 0.5) is 29.1 Å². The Morgan fingerprint density at radius 1 is 1.16 bits per heavy atom. The molecule has 31 heavy (non-hydrogen) atoms. The molecule has 0 bridgehead atoms. The number of anilines is 2. The monoisotopic (exact) mass is 454 g/mol. The molecule has 1 amide bonds. The third-order valence-corrected chi connectivity index (χ3v) is 4.31. The van der Waals surface area contributed by atoms with Crippen molar-refractivity contribution in [3.8, 4) is 0 Å². The van der Waals surface area contributed by atoms with Crippen molar-refractivity contribution in [3.63, 3.8) is 0 Å². The number of H-pyrrole nitrogens is 1. The number of carbonyl (C=O) groups excluding carboxylic acids is 1. The summed E-state index contributed by atoms with van der Waals surface area (Å²) in [6, 6.07) is 10.4. The molecule has 0 atom stereocenters. The molecule has 0 aliphatic rings. The summed E-state index contributed by atoms with van der Waals surface area (Å²) in [6.45, 7) is -0.0972. The Balaban J connectivity index is 1.84. The van der Waals surface area contributed by atoms with Crippen LogP contribution in [0.2, 0.25) is 5.02 Å². The van der Waals surface area contributed by atoms with E-state index in [0.29, 0.717) is 11.3 Å². The molecule has 3 rings (SSSR count). The van der Waals surface area contributed by atoms with Gasteiger partial charge in [0.25, 0.3) is 5.91 Å². The molecule has 3 aromatic rings. The number of nitrogens with one attached hydrogen (secondary N) is 3. The third kappa shape index (κ3) is 5.95. The number of alkyl halides is 3. The number of aromatic amines is 1. The molecule has 0 unspecified atom stereocenters. The normalized spacial score (nSPS) is 12.0. The highest BCUT2D eigenvalue weighted by atomic mass is 35.5. The molecule has 1 aromatic heterocycles. The Kier molecular flexibility index (Phi) is 6.44. The van der Waals surface area contributed by atoms with E-state index in [2.05, 4.69) is 20.7 Å². The lowest BCUT2D eigenvalue weighted by molar-refractivity contribution is -0.141. The lowest BCUT2D eigenvalue weighted by atomic mass is 10.2. The van der Waals surface area contributed by atoms with Crippen LogP contribution in [-0.4, -0.2) is 22.1 Å². The Bertz CT molecular complexity index is 1110. The molecule has 162 valence electrons. The van der Waals surface area contributed by atoms with E-state index in [1.54, 1.807) is 0 Å². The van der Waals surface area contributed by atoms with Crippen molar-refractivity contribution in [2.24, 2.45) is 4.99 Å². The van der Waals surface area contributed by atoms with Crippen LogP contribution in [0.1, 0.15) is 21.6 Å². The lowest BCUT2D eigenvalue weighted by Gasteiger charge is -2.11. The predicted molar refractivity (Wildman–Crippen MR) is 108 cm³/mol. The number of carbonyl (C=O) groups is 1. The first-order valence-electron chi connectivity index (χ1n) is 8.67. The Labute approximate surface area is 178 Å². The maximum absolute atomic E-state index is 13.2. The summed E-state index contributed by atoms with van der Waals surface area (Å²) in [7, 11) is 0. The van der Waals surface area contributed by atoms with Gasteiger partial charge in [-0.15, -0.1) is 0 Å². The summed E-state index contributed by atoms with van der Waals surface area (Å²) < 4.78 is 51.6. The molecule has 0 fully saturated rings. The smallest absolute Gasteiger partial charge is 0.399 e. The van der Waals surface area contributed by atoms with Gasteiger partial charge in [0.05, 0.1) is 6.54 Å². The van der Waals surface area contributed by atoms with Gasteiger partial charge < -0.3 is 11.1 Å². The summed E-state index contributed by atoms with van der Waals surface area (Å²) in [6.07, 6.45) is -4.63. The second-order valence-electron chi connectivity index (χ2n) is 6.27. The minimum atomic E-state index is -4.63. The van der Waals surface area contributed by atoms with Crippen LogP contribution in [0.15, 0.2) is 53.5 Å². The lowest BCUT2D eigenvalue weighted by Crippen LogP contribution is -2.36. The first kappa shape index (κ1) is 22.1. The second-order valence-corrected chi connectivity index (χ2v) is 6.67. The molecule has 0 saturated heterocycles. The van der Waals surface area contributed by atoms with Gasteiger partial charge in [0, 0.05) is 22.3 Å². The molecular formula is C19H15ClF4N6O. The van der Waals surface area contributed by atoms with Crippen molar-refractivity contribution in [3.05, 3.63) is 76.2 Å². The van der Waals surface area contributed by atoms with Crippen molar-refractivity contribution < 1.29 is 22.4 Å². The molecule has 5 N–H and O–H groups in total. The number of hydrogen-bond donors (Lipinski definition) is 4. The molecule has 0 spiro atoms. The summed E-state index contributed by atoms with van der Waals surface area (Å²) in [5.41, 5.74) is 5.63. The van der Waals surface area contributed by atoms with Crippen LogP contribution in [0.3, 0.4) is 0 Å². The number of rotatable bonds is 4. The zero-order valence-electron chi connectivity index (χ0n) is 15.6. The molecule has 0 aliphatic carbocycles. The number of nitrogens with two attached hydrogens (primary N) is 1. The minimum absolute atomic E-state index is 0.0972. The van der Waals surface area contributed by atoms with E-state index in [0.717, 1.165) is 12.1 Å². The van der Waals surface area contributed by atoms with E-state index in [-0.39, 0.29) is 28.9 Å². The second kappa shape index (κ2) is 9.04. The molecule has 0 aliphatic heterocycles. The number of amides is 1. The largest absolute Gasteiger partial charge is 0.432 e. The quantitative estimate of drug-likeness (QED) is 0.205. The average Bonchev–Trinajstić information content (AvgIpc) is 3.16. The first-order chi connectivity index (χ1) is 14.6. The third-order valence-electron chi connectivity index (χ3n) is 3.96. The average molecular weight is 455 g/mol. The molecule has 7 nitrogen and oxygen atoms in total. The number of aromatic nitrogens is 2. The van der Waals surface area contributed by atoms with Crippen molar-refractivity contribution in [2.45, 2.75) is 12.7 Å². The Hall–Kier alpha value is -3.60. The SMILES string of the molecule is Nc1ccc(C(=O)NC(=NCc2ccc(F)cc2Cl)Nc2cc(C(F)(F)F)[nH]n2)cc1. The molecule has 0 radical (unpaired) electrons. The summed E-state index contributed by atoms with van der Waals surface area (Å²) in [5.74, 6) is -1.55. The van der Waals surface area contributed by atoms with Crippen LogP contribution in [0.25, 0.3) is 0 Å². The van der Waals surface area contributed by atoms with Crippen LogP contribution < -0.4 is 16.4 Å². The zero-order valence-corrected chi connectivity index (χ0v) is 16.4. The fourth-order valence-electron chi connectivity index (χ4n) is 2.39. The highest BCUT2D eigenvalue weighted by Crippen LogP contribution is 2.28. The van der Waals surface area contributed by atoms with E-state index < -0.39 is 23.6 Å². The highest BCUT2D eigenvalue weighted by molar-refractivity contribution is 6.31. The van der Waals surface area contributed by atoms with Crippen LogP contribution in [-0.2, 0) is 12.7 Å². The van der Waals surface area contributed by atoms with Crippen molar-refractivity contribution in [1.82, 2.24) is 15.5 Å². The predicted octanol–water partition coefficient (Wildman–Crippen LogP) is 4.20. The van der Waals surface area contributed by atoms with Crippen LogP contribution in [0.5, 0.6) is 0 Å². The van der Waals surface area contributed by atoms with Gasteiger partial charge in [0.15, 0.2) is 5.82 Å². The van der Waals surface area contributed by atoms with Gasteiger partial charge in [-0.1, -0.05) is 17.7 Å². The topological polar surface area (TPSA) is 108 Å². The summed E-state index contributed by atoms with van der Waals surface area (Å²) >= 11 is 5.97. The fourth-order valence-corrected chi connectivity index (χ4v) is 2.62. The molecule has 0 saturated carbocycles. The van der Waals surface area contributed by atoms with Gasteiger partial charge in [0.2, 0.25) is 5.96 Å². The Morgan fingerprint density at radius 2 is 1.87 bits per heavy atom. The van der Waals surface area contributed by atoms with Gasteiger partial charge in [-0.3, -0.25) is 15.2 Å². The number of halogens is 5. The van der Waals surface area contributed by atoms with Gasteiger partial charge in [-0.05, 0) is 42.0 Å². The van der Waals surface area contributed by atoms with Crippen molar-refractivity contribution in [2.75, 3.05) is 11.1 Å². The van der Waals surface area contributed by atoms with Gasteiger partial charge in [-0.25, -0.2) is 9.38 Å². The maximum Gasteiger partial charge on any atom is 0.432 e.